The van der Waals surface area contributed by atoms with E-state index in [1.165, 1.54) is 74.7 Å². The van der Waals surface area contributed by atoms with Crippen LogP contribution in [0.25, 0.3) is 22.2 Å². The summed E-state index contributed by atoms with van der Waals surface area (Å²) >= 11 is 0. The molecule has 0 bridgehead atoms. The van der Waals surface area contributed by atoms with E-state index in [4.69, 9.17) is 19.7 Å². The Morgan fingerprint density at radius 1 is 1.06 bits per heavy atom. The quantitative estimate of drug-likeness (QED) is 0.197. The van der Waals surface area contributed by atoms with Crippen molar-refractivity contribution in [3.05, 3.63) is 47.7 Å². The van der Waals surface area contributed by atoms with Crippen molar-refractivity contribution in [3.8, 4) is 17.3 Å². The van der Waals surface area contributed by atoms with Crippen LogP contribution in [0.3, 0.4) is 0 Å². The number of carbonyl (C=O) groups excluding carboxylic acids is 1. The van der Waals surface area contributed by atoms with Crippen LogP contribution in [0, 0.1) is 12.8 Å². The Hall–Kier alpha value is -3.17. The summed E-state index contributed by atoms with van der Waals surface area (Å²) in [4.78, 5) is 36.6. The van der Waals surface area contributed by atoms with Gasteiger partial charge in [-0.2, -0.15) is 9.97 Å². The molecule has 8 rings (SSSR count). The minimum atomic E-state index is 0.0865. The first-order chi connectivity index (χ1) is 25.6. The number of aromatic nitrogens is 3. The standard InChI is InChI=1S/C31H39N6O2P.C9H17N.C2H6O/c1-20-8-6-9-23(26(20)21-11-12-21)27-29(40)28-24(18-32-27)30(34-31(33-28)39-3)35(2)22-13-17-37(19-22)25(38)10-7-16-36-14-4-5-15-36;1-8-6-9(2)4-3-5-10(9)7-8;1-3-2/h6-10,18,21-22H,4-5,11-17,19,40H2,1-3H3;8H,3-7H2,1-2H3;1-2H3/b10-7+;;. The predicted octanol–water partition coefficient (Wildman–Crippen LogP) is 6.22. The highest BCUT2D eigenvalue weighted by Gasteiger charge is 2.43. The zero-order chi connectivity index (χ0) is 37.7. The number of carbonyl (C=O) groups is 1. The number of likely N-dealkylation sites (tertiary alicyclic amines) is 2. The molecule has 0 N–H and O–H groups in total. The third kappa shape index (κ3) is 9.04. The zero-order valence-corrected chi connectivity index (χ0v) is 34.4. The van der Waals surface area contributed by atoms with Gasteiger partial charge in [0, 0.05) is 82.2 Å². The van der Waals surface area contributed by atoms with Crippen LogP contribution in [0.5, 0.6) is 6.01 Å². The number of ether oxygens (including phenoxy) is 2. The molecule has 1 saturated carbocycles. The van der Waals surface area contributed by atoms with Gasteiger partial charge in [-0.1, -0.05) is 31.2 Å². The lowest BCUT2D eigenvalue weighted by atomic mass is 9.93. The number of pyridine rings is 1. The number of benzene rings is 1. The van der Waals surface area contributed by atoms with Gasteiger partial charge in [0.2, 0.25) is 5.91 Å². The smallest absolute Gasteiger partial charge is 0.318 e. The van der Waals surface area contributed by atoms with Crippen molar-refractivity contribution < 1.29 is 14.3 Å². The van der Waals surface area contributed by atoms with Crippen LogP contribution in [0.15, 0.2) is 36.5 Å². The van der Waals surface area contributed by atoms with Gasteiger partial charge in [0.25, 0.3) is 0 Å². The van der Waals surface area contributed by atoms with Crippen LogP contribution < -0.4 is 14.9 Å². The number of nitrogens with zero attached hydrogens (tertiary/aromatic N) is 7. The fraction of sp³-hybridized carbons (Fsp3) is 0.619. The van der Waals surface area contributed by atoms with Gasteiger partial charge in [-0.15, -0.1) is 9.24 Å². The Kier molecular flexibility index (Phi) is 13.1. The summed E-state index contributed by atoms with van der Waals surface area (Å²) in [7, 11) is 9.78. The van der Waals surface area contributed by atoms with Gasteiger partial charge in [-0.25, -0.2) is 0 Å². The van der Waals surface area contributed by atoms with Gasteiger partial charge >= 0.3 is 6.01 Å². The van der Waals surface area contributed by atoms with E-state index in [1.54, 1.807) is 27.4 Å². The first-order valence-electron chi connectivity index (χ1n) is 19.7. The third-order valence-corrected chi connectivity index (χ3v) is 12.4. The normalized spacial score (nSPS) is 24.3. The molecule has 1 aromatic carbocycles. The van der Waals surface area contributed by atoms with Crippen molar-refractivity contribution >= 4 is 37.2 Å². The van der Waals surface area contributed by atoms with E-state index < -0.39 is 0 Å². The number of hydrogen-bond acceptors (Lipinski definition) is 9. The molecule has 10 nitrogen and oxygen atoms in total. The Labute approximate surface area is 319 Å². The molecule has 53 heavy (non-hydrogen) atoms. The molecule has 1 amide bonds. The maximum absolute atomic E-state index is 12.9. The second-order valence-corrected chi connectivity index (χ2v) is 16.7. The highest BCUT2D eigenvalue weighted by atomic mass is 31.0. The van der Waals surface area contributed by atoms with Crippen molar-refractivity contribution in [1.29, 1.82) is 0 Å². The molecule has 2 aromatic heterocycles. The SMILES string of the molecule is CC1CN2CCCC2(C)C1.COC.COc1nc(N(C)C2CCN(C(=O)/C=C/CN3CCCC3)C2)c2cnc(-c3cccc(C)c3C3CC3)c(P)c2n1. The van der Waals surface area contributed by atoms with E-state index in [-0.39, 0.29) is 11.9 Å². The first-order valence-corrected chi connectivity index (χ1v) is 20.3. The number of aryl methyl sites for hydroxylation is 1. The number of rotatable bonds is 8. The van der Waals surface area contributed by atoms with Gasteiger partial charge in [0.15, 0.2) is 0 Å². The molecule has 4 saturated heterocycles. The van der Waals surface area contributed by atoms with Crippen LogP contribution in [0.2, 0.25) is 0 Å². The fourth-order valence-electron chi connectivity index (χ4n) is 9.07. The molecular formula is C42H62N7O3P. The van der Waals surface area contributed by atoms with Crippen molar-refractivity contribution in [2.45, 2.75) is 89.6 Å². The molecule has 4 aliphatic heterocycles. The van der Waals surface area contributed by atoms with Crippen LogP contribution in [0.4, 0.5) is 5.82 Å². The largest absolute Gasteiger partial charge is 0.467 e. The van der Waals surface area contributed by atoms with Gasteiger partial charge in [-0.05, 0) is 108 Å². The molecule has 4 unspecified atom stereocenters. The number of methoxy groups -OCH3 is 2. The molecule has 288 valence electrons. The van der Waals surface area contributed by atoms with Gasteiger partial charge in [-0.3, -0.25) is 19.6 Å². The minimum Gasteiger partial charge on any atom is -0.467 e. The van der Waals surface area contributed by atoms with E-state index in [0.717, 1.165) is 66.2 Å². The summed E-state index contributed by atoms with van der Waals surface area (Å²) in [5, 5.41) is 1.83. The van der Waals surface area contributed by atoms with Crippen molar-refractivity contribution in [2.24, 2.45) is 5.92 Å². The molecule has 5 fully saturated rings. The Morgan fingerprint density at radius 3 is 2.51 bits per heavy atom. The topological polar surface area (TPSA) is 87.2 Å². The van der Waals surface area contributed by atoms with Crippen LogP contribution >= 0.6 is 9.24 Å². The highest BCUT2D eigenvalue weighted by molar-refractivity contribution is 7.28. The highest BCUT2D eigenvalue weighted by Crippen LogP contribution is 2.46. The summed E-state index contributed by atoms with van der Waals surface area (Å²) in [5.74, 6) is 2.43. The van der Waals surface area contributed by atoms with Crippen molar-refractivity contribution in [3.63, 3.8) is 0 Å². The van der Waals surface area contributed by atoms with E-state index >= 15 is 0 Å². The number of fused-ring (bicyclic) bond motifs is 2. The number of likely N-dealkylation sites (N-methyl/N-ethyl adjacent to an activating group) is 1. The average Bonchev–Trinajstić information content (AvgIpc) is 3.44. The molecule has 0 spiro atoms. The Bertz CT molecular complexity index is 1760. The van der Waals surface area contributed by atoms with E-state index in [1.807, 2.05) is 24.2 Å². The monoisotopic (exact) mass is 743 g/mol. The van der Waals surface area contributed by atoms with E-state index in [2.05, 4.69) is 67.6 Å². The zero-order valence-electron chi connectivity index (χ0n) is 33.2. The summed E-state index contributed by atoms with van der Waals surface area (Å²) in [6, 6.07) is 6.96. The lowest BCUT2D eigenvalue weighted by Gasteiger charge is -2.27. The van der Waals surface area contributed by atoms with Gasteiger partial charge < -0.3 is 19.3 Å². The fourth-order valence-corrected chi connectivity index (χ4v) is 9.52. The van der Waals surface area contributed by atoms with Gasteiger partial charge in [0.05, 0.1) is 23.7 Å². The predicted molar refractivity (Wildman–Crippen MR) is 220 cm³/mol. The van der Waals surface area contributed by atoms with Crippen LogP contribution in [0.1, 0.15) is 82.3 Å². The lowest BCUT2D eigenvalue weighted by Crippen LogP contribution is -2.37. The molecule has 3 aromatic rings. The Morgan fingerprint density at radius 2 is 1.81 bits per heavy atom. The molecular weight excluding hydrogens is 681 g/mol. The van der Waals surface area contributed by atoms with Crippen LogP contribution in [-0.4, -0.2) is 121 Å². The van der Waals surface area contributed by atoms with Crippen LogP contribution in [-0.2, 0) is 9.53 Å². The van der Waals surface area contributed by atoms with E-state index in [0.29, 0.717) is 24.0 Å². The van der Waals surface area contributed by atoms with Gasteiger partial charge in [0.1, 0.15) is 5.82 Å². The Balaban J connectivity index is 0.000000311. The summed E-state index contributed by atoms with van der Waals surface area (Å²) in [6.07, 6.45) is 15.8. The molecule has 0 radical (unpaired) electrons. The second-order valence-electron chi connectivity index (χ2n) is 16.1. The third-order valence-electron chi connectivity index (χ3n) is 11.9. The first kappa shape index (κ1) is 39.5. The minimum absolute atomic E-state index is 0.0865. The van der Waals surface area contributed by atoms with Crippen molar-refractivity contribution in [1.82, 2.24) is 29.7 Å². The van der Waals surface area contributed by atoms with Crippen molar-refractivity contribution in [2.75, 3.05) is 79.1 Å². The number of hydrogen-bond donors (Lipinski definition) is 0. The van der Waals surface area contributed by atoms with E-state index in [9.17, 15) is 4.79 Å². The molecule has 4 atom stereocenters. The molecule has 6 heterocycles. The summed E-state index contributed by atoms with van der Waals surface area (Å²) < 4.78 is 9.81. The maximum Gasteiger partial charge on any atom is 0.318 e. The second kappa shape index (κ2) is 17.5. The molecule has 1 aliphatic carbocycles. The molecule has 11 heteroatoms. The summed E-state index contributed by atoms with van der Waals surface area (Å²) in [6.45, 7) is 14.2. The molecule has 5 aliphatic rings. The number of amides is 1. The average molecular weight is 744 g/mol. The number of anilines is 1. The maximum atomic E-state index is 12.9. The lowest BCUT2D eigenvalue weighted by molar-refractivity contribution is -0.125. The summed E-state index contributed by atoms with van der Waals surface area (Å²) in [5.41, 5.74) is 6.28.